The molecule has 1 aliphatic heterocycles. The highest BCUT2D eigenvalue weighted by Crippen LogP contribution is 2.31. The Balaban J connectivity index is 1.88. The fourth-order valence-corrected chi connectivity index (χ4v) is 3.62. The molecule has 4 nitrogen and oxygen atoms in total. The predicted molar refractivity (Wildman–Crippen MR) is 107 cm³/mol. The zero-order valence-electron chi connectivity index (χ0n) is 15.9. The van der Waals surface area contributed by atoms with Gasteiger partial charge in [-0.1, -0.05) is 50.8 Å². The van der Waals surface area contributed by atoms with E-state index in [4.69, 9.17) is 0 Å². The molecule has 0 fully saturated rings. The number of nitrogens with one attached hydrogen (secondary N) is 1. The van der Waals surface area contributed by atoms with E-state index in [2.05, 4.69) is 47.3 Å². The van der Waals surface area contributed by atoms with Crippen molar-refractivity contribution >= 4 is 11.7 Å². The van der Waals surface area contributed by atoms with Crippen LogP contribution in [0, 0.1) is 0 Å². The number of fused-ring (bicyclic) bond motifs is 1. The summed E-state index contributed by atoms with van der Waals surface area (Å²) in [5.41, 5.74) is 4.10. The lowest BCUT2D eigenvalue weighted by molar-refractivity contribution is 0.0966. The SMILES string of the molecule is CCCCCCC1=CC=CC2=C(C1)NC(=O)c1cccnc1N2CCC. The maximum atomic E-state index is 12.8. The van der Waals surface area contributed by atoms with Crippen molar-refractivity contribution in [1.82, 2.24) is 10.3 Å². The highest BCUT2D eigenvalue weighted by molar-refractivity contribution is 6.01. The molecule has 1 aromatic rings. The molecule has 0 saturated carbocycles. The minimum Gasteiger partial charge on any atom is -0.324 e. The van der Waals surface area contributed by atoms with Gasteiger partial charge in [0.1, 0.15) is 5.82 Å². The number of hydrogen-bond acceptors (Lipinski definition) is 3. The second-order valence-corrected chi connectivity index (χ2v) is 7.02. The second-order valence-electron chi connectivity index (χ2n) is 7.02. The van der Waals surface area contributed by atoms with Crippen molar-refractivity contribution in [3.05, 3.63) is 59.1 Å². The number of unbranched alkanes of at least 4 members (excludes halogenated alkanes) is 3. The third kappa shape index (κ3) is 4.06. The number of aromatic nitrogens is 1. The topological polar surface area (TPSA) is 45.2 Å². The zero-order valence-corrected chi connectivity index (χ0v) is 15.9. The summed E-state index contributed by atoms with van der Waals surface area (Å²) in [5, 5.41) is 3.16. The highest BCUT2D eigenvalue weighted by atomic mass is 16.1. The van der Waals surface area contributed by atoms with Crippen LogP contribution in [0.5, 0.6) is 0 Å². The third-order valence-corrected chi connectivity index (χ3v) is 4.94. The number of carbonyl (C=O) groups is 1. The smallest absolute Gasteiger partial charge is 0.259 e. The number of hydrogen-bond donors (Lipinski definition) is 1. The lowest BCUT2D eigenvalue weighted by atomic mass is 10.0. The van der Waals surface area contributed by atoms with Crippen LogP contribution in [-0.4, -0.2) is 17.4 Å². The first kappa shape index (κ1) is 18.4. The Kier molecular flexibility index (Phi) is 6.26. The molecule has 1 aromatic heterocycles. The molecule has 2 aliphatic rings. The summed E-state index contributed by atoms with van der Waals surface area (Å²) in [7, 11) is 0. The van der Waals surface area contributed by atoms with Crippen molar-refractivity contribution in [2.75, 3.05) is 11.4 Å². The van der Waals surface area contributed by atoms with Gasteiger partial charge in [0.25, 0.3) is 5.91 Å². The molecule has 0 unspecified atom stereocenters. The second kappa shape index (κ2) is 8.84. The van der Waals surface area contributed by atoms with Gasteiger partial charge in [-0.05, 0) is 37.5 Å². The molecular formula is C22H29N3O. The van der Waals surface area contributed by atoms with Gasteiger partial charge in [0, 0.05) is 24.9 Å². The summed E-state index contributed by atoms with van der Waals surface area (Å²) < 4.78 is 0. The minimum atomic E-state index is -0.0557. The largest absolute Gasteiger partial charge is 0.324 e. The van der Waals surface area contributed by atoms with Crippen molar-refractivity contribution < 1.29 is 4.79 Å². The molecule has 0 bridgehead atoms. The van der Waals surface area contributed by atoms with Crippen LogP contribution in [0.4, 0.5) is 5.82 Å². The van der Waals surface area contributed by atoms with Gasteiger partial charge in [-0.3, -0.25) is 4.79 Å². The van der Waals surface area contributed by atoms with Crippen molar-refractivity contribution in [2.45, 2.75) is 58.8 Å². The molecule has 4 heteroatoms. The lowest BCUT2D eigenvalue weighted by Crippen LogP contribution is -2.25. The van der Waals surface area contributed by atoms with Crippen LogP contribution in [0.15, 0.2) is 53.5 Å². The van der Waals surface area contributed by atoms with E-state index < -0.39 is 0 Å². The fourth-order valence-electron chi connectivity index (χ4n) is 3.62. The maximum Gasteiger partial charge on any atom is 0.259 e. The number of carbonyl (C=O) groups excluding carboxylic acids is 1. The number of nitrogens with zero attached hydrogens (tertiary/aromatic N) is 2. The molecule has 3 rings (SSSR count). The monoisotopic (exact) mass is 351 g/mol. The number of pyridine rings is 1. The average Bonchev–Trinajstić information content (AvgIpc) is 2.90. The summed E-state index contributed by atoms with van der Waals surface area (Å²) in [6.45, 7) is 5.23. The van der Waals surface area contributed by atoms with Crippen LogP contribution in [0.1, 0.15) is 69.2 Å². The number of allylic oxidation sites excluding steroid dienone is 4. The molecule has 1 amide bonds. The highest BCUT2D eigenvalue weighted by Gasteiger charge is 2.27. The predicted octanol–water partition coefficient (Wildman–Crippen LogP) is 5.11. The quantitative estimate of drug-likeness (QED) is 0.694. The molecule has 0 aromatic carbocycles. The van der Waals surface area contributed by atoms with E-state index in [0.29, 0.717) is 5.56 Å². The molecular weight excluding hydrogens is 322 g/mol. The van der Waals surface area contributed by atoms with Gasteiger partial charge in [0.15, 0.2) is 0 Å². The van der Waals surface area contributed by atoms with Crippen molar-refractivity contribution in [1.29, 1.82) is 0 Å². The Hall–Kier alpha value is -2.36. The Morgan fingerprint density at radius 1 is 1.19 bits per heavy atom. The number of amides is 1. The fraction of sp³-hybridized carbons (Fsp3) is 0.455. The van der Waals surface area contributed by atoms with Crippen LogP contribution < -0.4 is 10.2 Å². The number of rotatable bonds is 7. The van der Waals surface area contributed by atoms with Crippen molar-refractivity contribution in [3.8, 4) is 0 Å². The molecule has 0 atom stereocenters. The Bertz CT molecular complexity index is 746. The Labute approximate surface area is 156 Å². The third-order valence-electron chi connectivity index (χ3n) is 4.94. The van der Waals surface area contributed by atoms with Gasteiger partial charge in [0.05, 0.1) is 11.3 Å². The van der Waals surface area contributed by atoms with Crippen LogP contribution in [0.3, 0.4) is 0 Å². The minimum absolute atomic E-state index is 0.0557. The molecule has 26 heavy (non-hydrogen) atoms. The van der Waals surface area contributed by atoms with Gasteiger partial charge in [-0.25, -0.2) is 4.98 Å². The number of anilines is 1. The van der Waals surface area contributed by atoms with E-state index in [0.717, 1.165) is 43.0 Å². The first-order valence-corrected chi connectivity index (χ1v) is 9.87. The molecule has 2 heterocycles. The van der Waals surface area contributed by atoms with Crippen molar-refractivity contribution in [3.63, 3.8) is 0 Å². The van der Waals surface area contributed by atoms with E-state index in [1.54, 1.807) is 6.20 Å². The summed E-state index contributed by atoms with van der Waals surface area (Å²) >= 11 is 0. The van der Waals surface area contributed by atoms with E-state index in [9.17, 15) is 4.79 Å². The van der Waals surface area contributed by atoms with E-state index in [1.165, 1.54) is 31.3 Å². The van der Waals surface area contributed by atoms with Gasteiger partial charge >= 0.3 is 0 Å². The molecule has 0 saturated heterocycles. The van der Waals surface area contributed by atoms with E-state index in [1.807, 2.05) is 12.1 Å². The van der Waals surface area contributed by atoms with Crippen LogP contribution in [0.2, 0.25) is 0 Å². The van der Waals surface area contributed by atoms with Crippen LogP contribution >= 0.6 is 0 Å². The zero-order chi connectivity index (χ0) is 18.4. The van der Waals surface area contributed by atoms with Gasteiger partial charge < -0.3 is 10.2 Å². The maximum absolute atomic E-state index is 12.8. The van der Waals surface area contributed by atoms with Crippen molar-refractivity contribution in [2.24, 2.45) is 0 Å². The molecule has 0 radical (unpaired) electrons. The Morgan fingerprint density at radius 2 is 2.08 bits per heavy atom. The van der Waals surface area contributed by atoms with Gasteiger partial charge in [-0.2, -0.15) is 0 Å². The van der Waals surface area contributed by atoms with Gasteiger partial charge in [0.2, 0.25) is 0 Å². The Morgan fingerprint density at radius 3 is 2.88 bits per heavy atom. The molecule has 138 valence electrons. The summed E-state index contributed by atoms with van der Waals surface area (Å²) in [4.78, 5) is 19.5. The lowest BCUT2D eigenvalue weighted by Gasteiger charge is -2.25. The van der Waals surface area contributed by atoms with Gasteiger partial charge in [-0.15, -0.1) is 0 Å². The van der Waals surface area contributed by atoms with Crippen LogP contribution in [0.25, 0.3) is 0 Å². The van der Waals surface area contributed by atoms with Crippen LogP contribution in [-0.2, 0) is 0 Å². The molecule has 1 aliphatic carbocycles. The summed E-state index contributed by atoms with van der Waals surface area (Å²) in [6, 6.07) is 3.69. The molecule has 1 N–H and O–H groups in total. The normalized spacial score (nSPS) is 16.5. The standard InChI is InChI=1S/C22H29N3O/c1-3-5-6-7-10-17-11-8-13-20-19(16-17)24-22(26)18-12-9-14-23-21(18)25(20)15-4-2/h8-9,11-14H,3-7,10,15-16H2,1-2H3,(H,24,26). The average molecular weight is 351 g/mol. The van der Waals surface area contributed by atoms with E-state index in [-0.39, 0.29) is 5.91 Å². The molecule has 0 spiro atoms. The summed E-state index contributed by atoms with van der Waals surface area (Å²) in [5.74, 6) is 0.702. The first-order chi connectivity index (χ1) is 12.7. The van der Waals surface area contributed by atoms with E-state index >= 15 is 0 Å². The summed E-state index contributed by atoms with van der Waals surface area (Å²) in [6.07, 6.45) is 16.1. The first-order valence-electron chi connectivity index (χ1n) is 9.87.